The number of amides is 3. The Hall–Kier alpha value is -4.74. The number of aromatic nitrogens is 2. The fourth-order valence-electron chi connectivity index (χ4n) is 8.79. The van der Waals surface area contributed by atoms with Crippen LogP contribution in [-0.2, 0) is 33.3 Å². The molecule has 0 radical (unpaired) electrons. The number of likely N-dealkylation sites (tertiary alicyclic amines) is 1. The largest absolute Gasteiger partial charge is 0.488 e. The van der Waals surface area contributed by atoms with Gasteiger partial charge in [0.15, 0.2) is 11.4 Å². The normalized spacial score (nSPS) is 25.9. The number of alkyl carbamates (subject to hydrolysis) is 1. The second-order valence-corrected chi connectivity index (χ2v) is 19.0. The Morgan fingerprint density at radius 3 is 2.34 bits per heavy atom. The van der Waals surface area contributed by atoms with E-state index in [0.717, 1.165) is 18.0 Å². The number of ether oxygens (including phenoxy) is 6. The SMILES string of the molecule is CC[C@@H]1C[C@]1(NC(=O)[C@@H]1C[C@@H](Oc2cc(-c3csc(NC(C)C)n3)nc3cc(OCC(OC)OC)ccc23)CN1C(=O)[C@@H](NC(=O)O[C@@H]1C[C@@H]2C[C@@H]2C1)C(C)(C)C)C(=O)OC. The average Bonchev–Trinajstić information content (AvgIpc) is 3.88. The van der Waals surface area contributed by atoms with Gasteiger partial charge in [0.25, 0.3) is 0 Å². The number of rotatable bonds is 17. The lowest BCUT2D eigenvalue weighted by molar-refractivity contribution is -0.148. The number of hydrogen-bond donors (Lipinski definition) is 3. The molecule has 3 amide bonds. The Balaban J connectivity index is 1.20. The van der Waals surface area contributed by atoms with Crippen LogP contribution < -0.4 is 25.4 Å². The monoisotopic (exact) mass is 864 g/mol. The summed E-state index contributed by atoms with van der Waals surface area (Å²) in [6, 6.07) is 5.36. The van der Waals surface area contributed by atoms with E-state index < -0.39 is 59.3 Å². The van der Waals surface area contributed by atoms with E-state index in [9.17, 15) is 19.2 Å². The van der Waals surface area contributed by atoms with E-state index in [4.69, 9.17) is 38.4 Å². The summed E-state index contributed by atoms with van der Waals surface area (Å²) in [5, 5.41) is 12.5. The molecule has 0 spiro atoms. The highest BCUT2D eigenvalue weighted by atomic mass is 32.1. The number of esters is 1. The first kappa shape index (κ1) is 44.3. The van der Waals surface area contributed by atoms with E-state index in [0.29, 0.717) is 58.5 Å². The van der Waals surface area contributed by atoms with Gasteiger partial charge in [-0.25, -0.2) is 19.6 Å². The van der Waals surface area contributed by atoms with Crippen LogP contribution in [0.15, 0.2) is 29.6 Å². The van der Waals surface area contributed by atoms with Gasteiger partial charge in [-0.1, -0.05) is 34.1 Å². The first-order valence-electron chi connectivity index (χ1n) is 21.3. The van der Waals surface area contributed by atoms with Crippen molar-refractivity contribution in [3.63, 3.8) is 0 Å². The third-order valence-electron chi connectivity index (χ3n) is 12.3. The first-order chi connectivity index (χ1) is 29.0. The van der Waals surface area contributed by atoms with Gasteiger partial charge in [0.2, 0.25) is 11.8 Å². The number of pyridine rings is 1. The predicted molar refractivity (Wildman–Crippen MR) is 228 cm³/mol. The number of nitrogens with zero attached hydrogens (tertiary/aromatic N) is 3. The molecule has 0 bridgehead atoms. The third-order valence-corrected chi connectivity index (χ3v) is 13.1. The molecule has 17 heteroatoms. The Bertz CT molecular complexity index is 2090. The maximum atomic E-state index is 14.8. The van der Waals surface area contributed by atoms with Crippen LogP contribution in [0, 0.1) is 23.2 Å². The smallest absolute Gasteiger partial charge is 0.408 e. The molecule has 61 heavy (non-hydrogen) atoms. The Kier molecular flexibility index (Phi) is 13.0. The van der Waals surface area contributed by atoms with Crippen molar-refractivity contribution in [3.05, 3.63) is 29.6 Å². The molecule has 2 aromatic heterocycles. The van der Waals surface area contributed by atoms with Crippen molar-refractivity contribution in [3.8, 4) is 22.9 Å². The number of thiazole rings is 1. The van der Waals surface area contributed by atoms with Crippen LogP contribution in [0.25, 0.3) is 22.3 Å². The number of carbonyl (C=O) groups is 4. The lowest BCUT2D eigenvalue weighted by Gasteiger charge is -2.35. The van der Waals surface area contributed by atoms with Crippen molar-refractivity contribution in [2.75, 3.05) is 39.8 Å². The van der Waals surface area contributed by atoms with Crippen molar-refractivity contribution >= 4 is 51.2 Å². The molecule has 4 aliphatic rings. The molecule has 3 saturated carbocycles. The number of methoxy groups -OCH3 is 3. The zero-order chi connectivity index (χ0) is 43.8. The highest BCUT2D eigenvalue weighted by Gasteiger charge is 2.62. The van der Waals surface area contributed by atoms with Crippen LogP contribution in [-0.4, -0.2) is 115 Å². The van der Waals surface area contributed by atoms with Crippen molar-refractivity contribution in [1.29, 1.82) is 0 Å². The summed E-state index contributed by atoms with van der Waals surface area (Å²) >= 11 is 1.46. The van der Waals surface area contributed by atoms with Gasteiger partial charge < -0.3 is 49.3 Å². The van der Waals surface area contributed by atoms with Gasteiger partial charge >= 0.3 is 12.1 Å². The molecule has 4 fully saturated rings. The summed E-state index contributed by atoms with van der Waals surface area (Å²) < 4.78 is 34.4. The van der Waals surface area contributed by atoms with Gasteiger partial charge in [0.1, 0.15) is 53.6 Å². The van der Waals surface area contributed by atoms with Gasteiger partial charge in [-0.3, -0.25) is 9.59 Å². The number of hydrogen-bond acceptors (Lipinski definition) is 14. The standard InChI is InChI=1S/C44H60N6O10S/c1-10-26-19-44(26,40(53)57-9)49-38(51)34-17-29(20-50(34)39(52)37(43(4,5)6)48-42(54)60-28-14-24-13-25(24)15-28)59-35-18-32(33-22-61-41(47-33)45-23(2)3)46-31-16-27(11-12-30(31)35)58-21-36(55-7)56-8/h11-12,16,18,22-26,28-29,34,36-37H,10,13-15,17,19-21H2,1-9H3,(H,45,47)(H,48,54)(H,49,51)/t24-,25+,26-,28+,29-,34+,37-,44-/m1/s1. The quantitative estimate of drug-likeness (QED) is 0.107. The second-order valence-electron chi connectivity index (χ2n) is 18.2. The minimum Gasteiger partial charge on any atom is -0.488 e. The molecule has 7 rings (SSSR count). The van der Waals surface area contributed by atoms with E-state index >= 15 is 0 Å². The predicted octanol–water partition coefficient (Wildman–Crippen LogP) is 5.92. The molecule has 1 aliphatic heterocycles. The maximum absolute atomic E-state index is 14.8. The molecular formula is C44H60N6O10S. The molecular weight excluding hydrogens is 805 g/mol. The number of benzene rings is 1. The minimum atomic E-state index is -1.18. The third kappa shape index (κ3) is 9.83. The van der Waals surface area contributed by atoms with E-state index in [2.05, 4.69) is 16.0 Å². The van der Waals surface area contributed by atoms with Crippen LogP contribution in [0.4, 0.5) is 9.93 Å². The molecule has 8 atom stereocenters. The highest BCUT2D eigenvalue weighted by Crippen LogP contribution is 2.52. The Morgan fingerprint density at radius 2 is 1.70 bits per heavy atom. The Labute approximate surface area is 361 Å². The summed E-state index contributed by atoms with van der Waals surface area (Å²) in [6.07, 6.45) is 1.96. The zero-order valence-electron chi connectivity index (χ0n) is 36.6. The molecule has 3 heterocycles. The average molecular weight is 865 g/mol. The maximum Gasteiger partial charge on any atom is 0.408 e. The summed E-state index contributed by atoms with van der Waals surface area (Å²) in [6.45, 7) is 11.8. The number of fused-ring (bicyclic) bond motifs is 2. The molecule has 3 aliphatic carbocycles. The topological polar surface area (TPSA) is 189 Å². The van der Waals surface area contributed by atoms with Gasteiger partial charge in [-0.05, 0) is 74.8 Å². The molecule has 0 unspecified atom stereocenters. The van der Waals surface area contributed by atoms with Crippen molar-refractivity contribution < 1.29 is 47.6 Å². The summed E-state index contributed by atoms with van der Waals surface area (Å²) in [7, 11) is 4.37. The zero-order valence-corrected chi connectivity index (χ0v) is 37.4. The van der Waals surface area contributed by atoms with Gasteiger partial charge in [-0.15, -0.1) is 11.3 Å². The lowest BCUT2D eigenvalue weighted by Crippen LogP contribution is -2.59. The van der Waals surface area contributed by atoms with Crippen LogP contribution in [0.2, 0.25) is 0 Å². The second kappa shape index (κ2) is 17.9. The summed E-state index contributed by atoms with van der Waals surface area (Å²) in [5.74, 6) is 0.638. The lowest BCUT2D eigenvalue weighted by atomic mass is 9.85. The molecule has 3 N–H and O–H groups in total. The van der Waals surface area contributed by atoms with Crippen LogP contribution in [0.5, 0.6) is 11.5 Å². The van der Waals surface area contributed by atoms with Crippen molar-refractivity contribution in [2.24, 2.45) is 23.2 Å². The van der Waals surface area contributed by atoms with Gasteiger partial charge in [-0.2, -0.15) is 0 Å². The van der Waals surface area contributed by atoms with Crippen molar-refractivity contribution in [2.45, 2.75) is 122 Å². The fourth-order valence-corrected chi connectivity index (χ4v) is 9.64. The van der Waals surface area contributed by atoms with Crippen LogP contribution in [0.1, 0.15) is 80.1 Å². The van der Waals surface area contributed by atoms with E-state index in [1.165, 1.54) is 44.0 Å². The minimum absolute atomic E-state index is 0.0174. The van der Waals surface area contributed by atoms with Gasteiger partial charge in [0, 0.05) is 49.6 Å². The molecule has 1 saturated heterocycles. The fraction of sp³-hybridized carbons (Fsp3) is 0.636. The van der Waals surface area contributed by atoms with Crippen LogP contribution >= 0.6 is 11.3 Å². The summed E-state index contributed by atoms with van der Waals surface area (Å²) in [5.41, 5.74) is -0.189. The van der Waals surface area contributed by atoms with Crippen LogP contribution in [0.3, 0.4) is 0 Å². The molecule has 3 aromatic rings. The number of carbonyl (C=O) groups excluding carboxylic acids is 4. The number of anilines is 1. The number of nitrogens with one attached hydrogen (secondary N) is 3. The van der Waals surface area contributed by atoms with E-state index in [-0.39, 0.29) is 37.6 Å². The Morgan fingerprint density at radius 1 is 0.967 bits per heavy atom. The highest BCUT2D eigenvalue weighted by molar-refractivity contribution is 7.14. The van der Waals surface area contributed by atoms with E-state index in [1.54, 1.807) is 12.1 Å². The first-order valence-corrected chi connectivity index (χ1v) is 22.1. The molecule has 332 valence electrons. The molecule has 1 aromatic carbocycles. The summed E-state index contributed by atoms with van der Waals surface area (Å²) in [4.78, 5) is 66.9. The van der Waals surface area contributed by atoms with Crippen molar-refractivity contribution in [1.82, 2.24) is 25.5 Å². The van der Waals surface area contributed by atoms with Gasteiger partial charge in [0.05, 0.1) is 24.9 Å². The van der Waals surface area contributed by atoms with E-state index in [1.807, 2.05) is 59.1 Å². The molecule has 16 nitrogen and oxygen atoms in total.